The van der Waals surface area contributed by atoms with Crippen molar-refractivity contribution in [3.05, 3.63) is 59.2 Å². The minimum Gasteiger partial charge on any atom is -0.381 e. The SMILES string of the molecule is Nc1nc2ccccc2nc1N1CCC(C#Cc2cccc3c2CN(C2CCC(=O)NC2=O)C3=O)CC1. The number of carbonyl (C=O) groups is 3. The van der Waals surface area contributed by atoms with Gasteiger partial charge in [0.25, 0.3) is 5.91 Å². The normalized spacial score (nSPS) is 20.0. The molecule has 37 heavy (non-hydrogen) atoms. The molecule has 3 aliphatic heterocycles. The van der Waals surface area contributed by atoms with E-state index in [2.05, 4.69) is 27.0 Å². The molecular formula is C28H26N6O3. The van der Waals surface area contributed by atoms with Crippen LogP contribution in [0.5, 0.6) is 0 Å². The van der Waals surface area contributed by atoms with Crippen LogP contribution in [0.1, 0.15) is 47.2 Å². The van der Waals surface area contributed by atoms with E-state index in [1.54, 1.807) is 11.0 Å². The number of piperidine rings is 2. The standard InChI is InChI=1S/C28H26N6O3/c29-25-26(31-22-7-2-1-6-21(22)30-25)33-14-12-17(13-15-33)8-9-18-4-3-5-19-20(18)16-34(28(19)37)23-10-11-24(35)32-27(23)36/h1-7,17,23H,10-16H2,(H2,29,30)(H,32,35,36). The average Bonchev–Trinajstić information content (AvgIpc) is 3.24. The molecule has 0 aliphatic carbocycles. The van der Waals surface area contributed by atoms with Crippen molar-refractivity contribution < 1.29 is 14.4 Å². The van der Waals surface area contributed by atoms with E-state index in [4.69, 9.17) is 10.7 Å². The lowest BCUT2D eigenvalue weighted by Crippen LogP contribution is -2.52. The Morgan fingerprint density at radius 1 is 0.946 bits per heavy atom. The van der Waals surface area contributed by atoms with Gasteiger partial charge in [-0.2, -0.15) is 0 Å². The summed E-state index contributed by atoms with van der Waals surface area (Å²) in [5.74, 6) is 7.21. The van der Waals surface area contributed by atoms with Crippen LogP contribution < -0.4 is 16.0 Å². The quantitative estimate of drug-likeness (QED) is 0.414. The molecule has 3 aromatic rings. The molecule has 1 atom stereocenters. The number of benzene rings is 2. The second kappa shape index (κ2) is 9.21. The molecule has 3 amide bonds. The number of hydrogen-bond donors (Lipinski definition) is 2. The van der Waals surface area contributed by atoms with E-state index < -0.39 is 11.9 Å². The van der Waals surface area contributed by atoms with E-state index in [1.807, 2.05) is 36.4 Å². The number of nitrogens with two attached hydrogens (primary N) is 1. The van der Waals surface area contributed by atoms with E-state index in [0.717, 1.165) is 53.9 Å². The number of para-hydroxylation sites is 2. The summed E-state index contributed by atoms with van der Waals surface area (Å²) in [5, 5.41) is 2.34. The van der Waals surface area contributed by atoms with Crippen molar-refractivity contribution >= 4 is 40.4 Å². The zero-order valence-corrected chi connectivity index (χ0v) is 20.2. The van der Waals surface area contributed by atoms with Gasteiger partial charge in [0.2, 0.25) is 11.8 Å². The van der Waals surface area contributed by atoms with Crippen LogP contribution in [0.25, 0.3) is 11.0 Å². The van der Waals surface area contributed by atoms with Crippen molar-refractivity contribution in [2.75, 3.05) is 23.7 Å². The highest BCUT2D eigenvalue weighted by Gasteiger charge is 2.39. The molecule has 0 bridgehead atoms. The molecule has 2 saturated heterocycles. The second-order valence-electron chi connectivity index (χ2n) is 9.68. The zero-order chi connectivity index (χ0) is 25.5. The van der Waals surface area contributed by atoms with Crippen LogP contribution in [0.4, 0.5) is 11.6 Å². The smallest absolute Gasteiger partial charge is 0.255 e. The largest absolute Gasteiger partial charge is 0.381 e. The molecule has 9 heteroatoms. The lowest BCUT2D eigenvalue weighted by atomic mass is 9.96. The molecule has 3 aliphatic rings. The molecule has 2 fully saturated rings. The summed E-state index contributed by atoms with van der Waals surface area (Å²) in [4.78, 5) is 49.9. The van der Waals surface area contributed by atoms with E-state index in [9.17, 15) is 14.4 Å². The summed E-state index contributed by atoms with van der Waals surface area (Å²) in [6.45, 7) is 1.89. The number of anilines is 2. The van der Waals surface area contributed by atoms with Gasteiger partial charge in [0.15, 0.2) is 11.6 Å². The summed E-state index contributed by atoms with van der Waals surface area (Å²) >= 11 is 0. The molecular weight excluding hydrogens is 468 g/mol. The molecule has 1 aromatic heterocycles. The third-order valence-corrected chi connectivity index (χ3v) is 7.37. The predicted octanol–water partition coefficient (Wildman–Crippen LogP) is 2.24. The van der Waals surface area contributed by atoms with Crippen molar-refractivity contribution in [1.29, 1.82) is 0 Å². The lowest BCUT2D eigenvalue weighted by molar-refractivity contribution is -0.136. The van der Waals surface area contributed by atoms with Gasteiger partial charge in [-0.3, -0.25) is 19.7 Å². The topological polar surface area (TPSA) is 122 Å². The monoisotopic (exact) mass is 494 g/mol. The fourth-order valence-electron chi connectivity index (χ4n) is 5.36. The van der Waals surface area contributed by atoms with Gasteiger partial charge in [0, 0.05) is 43.1 Å². The minimum absolute atomic E-state index is 0.185. The van der Waals surface area contributed by atoms with Crippen molar-refractivity contribution in [3.63, 3.8) is 0 Å². The first-order chi connectivity index (χ1) is 18.0. The van der Waals surface area contributed by atoms with E-state index in [1.165, 1.54) is 0 Å². The fraction of sp³-hybridized carbons (Fsp3) is 0.321. The van der Waals surface area contributed by atoms with Crippen LogP contribution in [-0.4, -0.2) is 51.7 Å². The van der Waals surface area contributed by atoms with Crippen LogP contribution in [0.3, 0.4) is 0 Å². The lowest BCUT2D eigenvalue weighted by Gasteiger charge is -2.31. The third kappa shape index (κ3) is 4.25. The van der Waals surface area contributed by atoms with Gasteiger partial charge in [0.05, 0.1) is 11.0 Å². The maximum absolute atomic E-state index is 13.0. The summed E-state index contributed by atoms with van der Waals surface area (Å²) < 4.78 is 0. The summed E-state index contributed by atoms with van der Waals surface area (Å²) in [6, 6.07) is 12.6. The Hall–Kier alpha value is -4.45. The van der Waals surface area contributed by atoms with E-state index >= 15 is 0 Å². The van der Waals surface area contributed by atoms with Gasteiger partial charge in [-0.1, -0.05) is 30.0 Å². The number of nitrogens with one attached hydrogen (secondary N) is 1. The number of fused-ring (bicyclic) bond motifs is 2. The van der Waals surface area contributed by atoms with Crippen LogP contribution in [0, 0.1) is 17.8 Å². The number of amides is 3. The average molecular weight is 495 g/mol. The summed E-state index contributed by atoms with van der Waals surface area (Å²) in [5.41, 5.74) is 10.1. The number of nitrogen functional groups attached to an aromatic ring is 1. The number of aromatic nitrogens is 2. The second-order valence-corrected chi connectivity index (χ2v) is 9.68. The Morgan fingerprint density at radius 2 is 1.70 bits per heavy atom. The Bertz CT molecular complexity index is 1500. The van der Waals surface area contributed by atoms with Crippen LogP contribution in [0.15, 0.2) is 42.5 Å². The number of imide groups is 1. The van der Waals surface area contributed by atoms with E-state index in [-0.39, 0.29) is 24.2 Å². The highest BCUT2D eigenvalue weighted by molar-refractivity contribution is 6.05. The molecule has 6 rings (SSSR count). The molecule has 186 valence electrons. The molecule has 2 aromatic carbocycles. The van der Waals surface area contributed by atoms with E-state index in [0.29, 0.717) is 24.3 Å². The highest BCUT2D eigenvalue weighted by atomic mass is 16.2. The Kier molecular flexibility index (Phi) is 5.72. The van der Waals surface area contributed by atoms with Gasteiger partial charge < -0.3 is 15.5 Å². The molecule has 9 nitrogen and oxygen atoms in total. The predicted molar refractivity (Wildman–Crippen MR) is 138 cm³/mol. The van der Waals surface area contributed by atoms with Crippen molar-refractivity contribution in [1.82, 2.24) is 20.2 Å². The molecule has 0 spiro atoms. The fourth-order valence-corrected chi connectivity index (χ4v) is 5.36. The molecule has 4 heterocycles. The van der Waals surface area contributed by atoms with Gasteiger partial charge >= 0.3 is 0 Å². The maximum Gasteiger partial charge on any atom is 0.255 e. The number of rotatable bonds is 2. The van der Waals surface area contributed by atoms with Gasteiger partial charge in [-0.15, -0.1) is 0 Å². The first-order valence-corrected chi connectivity index (χ1v) is 12.5. The zero-order valence-electron chi connectivity index (χ0n) is 20.2. The number of nitrogens with zero attached hydrogens (tertiary/aromatic N) is 4. The molecule has 1 unspecified atom stereocenters. The van der Waals surface area contributed by atoms with Crippen LogP contribution in [-0.2, 0) is 16.1 Å². The third-order valence-electron chi connectivity index (χ3n) is 7.37. The first kappa shape index (κ1) is 23.0. The number of carbonyl (C=O) groups excluding carboxylic acids is 3. The Balaban J connectivity index is 1.15. The van der Waals surface area contributed by atoms with Gasteiger partial charge in [-0.05, 0) is 49.1 Å². The van der Waals surface area contributed by atoms with Crippen molar-refractivity contribution in [3.8, 4) is 11.8 Å². The molecule has 3 N–H and O–H groups in total. The maximum atomic E-state index is 13.0. The molecule has 0 saturated carbocycles. The van der Waals surface area contributed by atoms with Crippen LogP contribution >= 0.6 is 0 Å². The number of hydrogen-bond acceptors (Lipinski definition) is 7. The highest BCUT2D eigenvalue weighted by Crippen LogP contribution is 2.30. The van der Waals surface area contributed by atoms with Crippen molar-refractivity contribution in [2.24, 2.45) is 5.92 Å². The molecule has 0 radical (unpaired) electrons. The Labute approximate surface area is 214 Å². The summed E-state index contributed by atoms with van der Waals surface area (Å²) in [7, 11) is 0. The summed E-state index contributed by atoms with van der Waals surface area (Å²) in [6.07, 6.45) is 2.32. The van der Waals surface area contributed by atoms with Gasteiger partial charge in [-0.25, -0.2) is 9.97 Å². The first-order valence-electron chi connectivity index (χ1n) is 12.5. The van der Waals surface area contributed by atoms with Crippen molar-refractivity contribution in [2.45, 2.75) is 38.3 Å². The minimum atomic E-state index is -0.631. The van der Waals surface area contributed by atoms with Crippen LogP contribution in [0.2, 0.25) is 0 Å². The Morgan fingerprint density at radius 3 is 2.46 bits per heavy atom. The van der Waals surface area contributed by atoms with Gasteiger partial charge in [0.1, 0.15) is 6.04 Å².